The molecule has 1 N–H and O–H groups in total. The van der Waals surface area contributed by atoms with Crippen LogP contribution in [0.15, 0.2) is 36.7 Å². The van der Waals surface area contributed by atoms with E-state index in [1.165, 1.54) is 10.7 Å². The number of amides is 1. The van der Waals surface area contributed by atoms with Gasteiger partial charge in [0.25, 0.3) is 11.7 Å². The highest BCUT2D eigenvalue weighted by Gasteiger charge is 2.12. The number of hydrogen-bond donors (Lipinski definition) is 1. The summed E-state index contributed by atoms with van der Waals surface area (Å²) >= 11 is 0. The summed E-state index contributed by atoms with van der Waals surface area (Å²) in [4.78, 5) is 19.7. The molecule has 0 atom stereocenters. The molecule has 3 rings (SSSR count). The van der Waals surface area contributed by atoms with Gasteiger partial charge in [-0.3, -0.25) is 10.1 Å². The van der Waals surface area contributed by atoms with Crippen molar-refractivity contribution in [1.29, 1.82) is 0 Å². The molecule has 3 aromatic rings. The summed E-state index contributed by atoms with van der Waals surface area (Å²) in [6.07, 6.45) is 2.85. The van der Waals surface area contributed by atoms with Crippen molar-refractivity contribution in [1.82, 2.24) is 19.6 Å². The van der Waals surface area contributed by atoms with Gasteiger partial charge in [0.05, 0.1) is 6.42 Å². The van der Waals surface area contributed by atoms with E-state index in [4.69, 9.17) is 0 Å². The molecular formula is C13H9F2N5O. The second-order valence-electron chi connectivity index (χ2n) is 4.26. The Hall–Kier alpha value is -2.90. The van der Waals surface area contributed by atoms with Gasteiger partial charge < -0.3 is 0 Å². The molecule has 6 nitrogen and oxygen atoms in total. The normalized spacial score (nSPS) is 10.8. The summed E-state index contributed by atoms with van der Waals surface area (Å²) in [5, 5.41) is 6.39. The minimum Gasteiger partial charge on any atom is -0.293 e. The molecule has 0 saturated heterocycles. The summed E-state index contributed by atoms with van der Waals surface area (Å²) in [6.45, 7) is 0. The van der Waals surface area contributed by atoms with Gasteiger partial charge in [-0.05, 0) is 24.3 Å². The second kappa shape index (κ2) is 5.23. The van der Waals surface area contributed by atoms with Crippen LogP contribution in [-0.2, 0) is 11.2 Å². The van der Waals surface area contributed by atoms with Crippen LogP contribution < -0.4 is 5.32 Å². The van der Waals surface area contributed by atoms with Crippen LogP contribution in [-0.4, -0.2) is 25.5 Å². The van der Waals surface area contributed by atoms with E-state index in [1.807, 2.05) is 0 Å². The van der Waals surface area contributed by atoms with Gasteiger partial charge in [-0.1, -0.05) is 0 Å². The molecule has 0 bridgehead atoms. The molecule has 0 fully saturated rings. The van der Waals surface area contributed by atoms with E-state index < -0.39 is 17.5 Å². The van der Waals surface area contributed by atoms with Crippen molar-refractivity contribution >= 4 is 17.6 Å². The molecular weight excluding hydrogens is 280 g/mol. The Balaban J connectivity index is 1.75. The summed E-state index contributed by atoms with van der Waals surface area (Å²) in [5.41, 5.74) is -0.0330. The Labute approximate surface area is 117 Å². The van der Waals surface area contributed by atoms with Crippen LogP contribution in [0.25, 0.3) is 5.78 Å². The Morgan fingerprint density at radius 2 is 2.19 bits per heavy atom. The third kappa shape index (κ3) is 2.83. The fraction of sp³-hybridized carbons (Fsp3) is 0.0769. The number of fused-ring (bicyclic) bond motifs is 1. The number of hydrogen-bond acceptors (Lipinski definition) is 4. The molecule has 0 aliphatic carbocycles. The van der Waals surface area contributed by atoms with E-state index in [0.717, 1.165) is 18.2 Å². The molecule has 1 aromatic carbocycles. The van der Waals surface area contributed by atoms with Crippen LogP contribution in [0.3, 0.4) is 0 Å². The van der Waals surface area contributed by atoms with Gasteiger partial charge >= 0.3 is 0 Å². The smallest absolute Gasteiger partial charge is 0.253 e. The lowest BCUT2D eigenvalue weighted by Crippen LogP contribution is -2.16. The van der Waals surface area contributed by atoms with Crippen molar-refractivity contribution < 1.29 is 13.6 Å². The molecule has 2 heterocycles. The van der Waals surface area contributed by atoms with E-state index in [0.29, 0.717) is 5.78 Å². The first kappa shape index (κ1) is 13.1. The first-order chi connectivity index (χ1) is 10.1. The highest BCUT2D eigenvalue weighted by Crippen LogP contribution is 2.11. The van der Waals surface area contributed by atoms with Crippen LogP contribution in [0.2, 0.25) is 0 Å². The molecule has 1 amide bonds. The predicted octanol–water partition coefficient (Wildman–Crippen LogP) is 1.58. The molecule has 106 valence electrons. The van der Waals surface area contributed by atoms with Crippen molar-refractivity contribution in [3.05, 3.63) is 53.9 Å². The van der Waals surface area contributed by atoms with Crippen molar-refractivity contribution in [3.63, 3.8) is 0 Å². The lowest BCUT2D eigenvalue weighted by molar-refractivity contribution is -0.115. The lowest BCUT2D eigenvalue weighted by atomic mass is 10.1. The van der Waals surface area contributed by atoms with E-state index in [-0.39, 0.29) is 17.9 Å². The van der Waals surface area contributed by atoms with Crippen LogP contribution >= 0.6 is 0 Å². The Morgan fingerprint density at radius 1 is 1.33 bits per heavy atom. The van der Waals surface area contributed by atoms with E-state index in [1.54, 1.807) is 12.3 Å². The largest absolute Gasteiger partial charge is 0.293 e. The Morgan fingerprint density at radius 3 is 3.00 bits per heavy atom. The number of halogens is 2. The molecule has 0 saturated carbocycles. The number of benzene rings is 1. The summed E-state index contributed by atoms with van der Waals surface area (Å²) in [7, 11) is 0. The number of nitrogens with zero attached hydrogens (tertiary/aromatic N) is 4. The number of carbonyl (C=O) groups excluding carboxylic acids is 1. The molecule has 8 heteroatoms. The van der Waals surface area contributed by atoms with Crippen LogP contribution in [0, 0.1) is 11.6 Å². The minimum atomic E-state index is -0.642. The number of carbonyl (C=O) groups is 1. The standard InChI is InChI=1S/C13H9F2N5O/c14-9-2-3-10(15)8(6-9)7-11(21)17-12-18-13-16-4-1-5-20(13)19-12/h1-6H,7H2,(H,17,19,21). The zero-order valence-corrected chi connectivity index (χ0v) is 10.6. The average Bonchev–Trinajstić information content (AvgIpc) is 2.84. The van der Waals surface area contributed by atoms with Gasteiger partial charge in [-0.2, -0.15) is 4.98 Å². The SMILES string of the molecule is O=C(Cc1cc(F)ccc1F)Nc1nc2ncccn2n1. The fourth-order valence-corrected chi connectivity index (χ4v) is 1.81. The number of rotatable bonds is 3. The molecule has 0 aliphatic rings. The van der Waals surface area contributed by atoms with Gasteiger partial charge in [-0.15, -0.1) is 5.10 Å². The van der Waals surface area contributed by atoms with E-state index in [2.05, 4.69) is 20.4 Å². The molecule has 0 aliphatic heterocycles. The number of anilines is 1. The molecule has 0 spiro atoms. The zero-order chi connectivity index (χ0) is 14.8. The molecule has 0 unspecified atom stereocenters. The fourth-order valence-electron chi connectivity index (χ4n) is 1.81. The third-order valence-electron chi connectivity index (χ3n) is 2.73. The first-order valence-electron chi connectivity index (χ1n) is 6.03. The third-order valence-corrected chi connectivity index (χ3v) is 2.73. The van der Waals surface area contributed by atoms with Gasteiger partial charge in [0.1, 0.15) is 11.6 Å². The van der Waals surface area contributed by atoms with Crippen molar-refractivity contribution in [3.8, 4) is 0 Å². The summed E-state index contributed by atoms with van der Waals surface area (Å²) in [5.74, 6) is -1.42. The van der Waals surface area contributed by atoms with Gasteiger partial charge in [-0.25, -0.2) is 18.3 Å². The van der Waals surface area contributed by atoms with Crippen molar-refractivity contribution in [2.45, 2.75) is 6.42 Å². The van der Waals surface area contributed by atoms with Crippen LogP contribution in [0.4, 0.5) is 14.7 Å². The molecule has 2 aromatic heterocycles. The second-order valence-corrected chi connectivity index (χ2v) is 4.26. The lowest BCUT2D eigenvalue weighted by Gasteiger charge is -2.03. The van der Waals surface area contributed by atoms with Crippen molar-refractivity contribution in [2.24, 2.45) is 0 Å². The molecule has 0 radical (unpaired) electrons. The van der Waals surface area contributed by atoms with Gasteiger partial charge in [0.15, 0.2) is 0 Å². The van der Waals surface area contributed by atoms with Crippen molar-refractivity contribution in [2.75, 3.05) is 5.32 Å². The van der Waals surface area contributed by atoms with Crippen LogP contribution in [0.5, 0.6) is 0 Å². The summed E-state index contributed by atoms with van der Waals surface area (Å²) < 4.78 is 27.9. The van der Waals surface area contributed by atoms with E-state index >= 15 is 0 Å². The van der Waals surface area contributed by atoms with Crippen LogP contribution in [0.1, 0.15) is 5.56 Å². The number of nitrogens with one attached hydrogen (secondary N) is 1. The monoisotopic (exact) mass is 289 g/mol. The minimum absolute atomic E-state index is 0.0330. The molecule has 21 heavy (non-hydrogen) atoms. The Kier molecular flexibility index (Phi) is 3.27. The highest BCUT2D eigenvalue weighted by molar-refractivity contribution is 5.90. The maximum atomic E-state index is 13.4. The topological polar surface area (TPSA) is 72.2 Å². The summed E-state index contributed by atoms with van der Waals surface area (Å²) in [6, 6.07) is 4.61. The quantitative estimate of drug-likeness (QED) is 0.794. The zero-order valence-electron chi connectivity index (χ0n) is 10.6. The van der Waals surface area contributed by atoms with Gasteiger partial charge in [0.2, 0.25) is 5.91 Å². The average molecular weight is 289 g/mol. The Bertz CT molecular complexity index is 784. The number of aromatic nitrogens is 4. The first-order valence-corrected chi connectivity index (χ1v) is 6.03. The predicted molar refractivity (Wildman–Crippen MR) is 69.5 cm³/mol. The maximum Gasteiger partial charge on any atom is 0.253 e. The highest BCUT2D eigenvalue weighted by atomic mass is 19.1. The maximum absolute atomic E-state index is 13.4. The van der Waals surface area contributed by atoms with Gasteiger partial charge in [0, 0.05) is 18.0 Å². The van der Waals surface area contributed by atoms with E-state index in [9.17, 15) is 13.6 Å².